The Balaban J connectivity index is 1.33. The number of thiophene rings is 1. The van der Waals surface area contributed by atoms with E-state index < -0.39 is 0 Å². The van der Waals surface area contributed by atoms with Crippen LogP contribution < -0.4 is 0 Å². The number of fused-ring (bicyclic) bond motifs is 2. The number of hydrogen-bond donors (Lipinski definition) is 0. The Morgan fingerprint density at radius 1 is 1.19 bits per heavy atom. The number of piperidine rings is 1. The highest BCUT2D eigenvalue weighted by atomic mass is 32.1. The van der Waals surface area contributed by atoms with E-state index in [-0.39, 0.29) is 11.9 Å². The van der Waals surface area contributed by atoms with Crippen LogP contribution in [0.25, 0.3) is 10.2 Å². The summed E-state index contributed by atoms with van der Waals surface area (Å²) in [5.74, 6) is 0.262. The van der Waals surface area contributed by atoms with Gasteiger partial charge >= 0.3 is 0 Å². The van der Waals surface area contributed by atoms with Gasteiger partial charge in [0.05, 0.1) is 22.8 Å². The average Bonchev–Trinajstić information content (AvgIpc) is 3.34. The van der Waals surface area contributed by atoms with E-state index in [1.54, 1.807) is 11.3 Å². The predicted octanol–water partition coefficient (Wildman–Crippen LogP) is 4.47. The van der Waals surface area contributed by atoms with Crippen LogP contribution in [-0.4, -0.2) is 40.3 Å². The van der Waals surface area contributed by atoms with Crippen LogP contribution in [0.2, 0.25) is 0 Å². The second-order valence-electron chi connectivity index (χ2n) is 7.45. The number of nitrogens with zero attached hydrogens (tertiary/aromatic N) is 3. The van der Waals surface area contributed by atoms with Gasteiger partial charge in [0.25, 0.3) is 0 Å². The topological polar surface area (TPSA) is 36.4 Å². The molecule has 0 N–H and O–H groups in total. The fourth-order valence-corrected chi connectivity index (χ4v) is 6.25. The predicted molar refractivity (Wildman–Crippen MR) is 111 cm³/mol. The Morgan fingerprint density at radius 2 is 2.11 bits per heavy atom. The standard InChI is InChI=1S/C21H23N3OS2/c25-20(14-23-11-8-18-15(13-23)9-12-26-18)24-10-4-3-6-17(24)21-22-16-5-1-2-7-19(16)27-21/h1-2,5,7,9,12,17H,3-4,6,8,10-11,13-14H2. The van der Waals surface area contributed by atoms with Crippen molar-refractivity contribution in [3.63, 3.8) is 0 Å². The van der Waals surface area contributed by atoms with Gasteiger partial charge in [0, 0.05) is 24.5 Å². The van der Waals surface area contributed by atoms with Gasteiger partial charge in [-0.3, -0.25) is 9.69 Å². The fourth-order valence-electron chi connectivity index (χ4n) is 4.24. The number of aromatic nitrogens is 1. The summed E-state index contributed by atoms with van der Waals surface area (Å²) < 4.78 is 1.21. The number of amides is 1. The third kappa shape index (κ3) is 3.42. The second kappa shape index (κ2) is 7.34. The van der Waals surface area contributed by atoms with Crippen molar-refractivity contribution in [2.75, 3.05) is 19.6 Å². The SMILES string of the molecule is O=C(CN1CCc2sccc2C1)N1CCCCC1c1nc2ccccc2s1. The summed E-state index contributed by atoms with van der Waals surface area (Å²) in [6.45, 7) is 3.27. The molecule has 3 aromatic rings. The van der Waals surface area contributed by atoms with Gasteiger partial charge in [0.15, 0.2) is 0 Å². The smallest absolute Gasteiger partial charge is 0.237 e. The van der Waals surface area contributed by atoms with Crippen molar-refractivity contribution < 1.29 is 4.79 Å². The van der Waals surface area contributed by atoms with Gasteiger partial charge in [-0.2, -0.15) is 0 Å². The van der Waals surface area contributed by atoms with Gasteiger partial charge in [-0.25, -0.2) is 4.98 Å². The minimum absolute atomic E-state index is 0.144. The number of rotatable bonds is 3. The number of likely N-dealkylation sites (tertiary alicyclic amines) is 1. The molecule has 4 heterocycles. The van der Waals surface area contributed by atoms with E-state index in [2.05, 4.69) is 39.4 Å². The molecule has 1 aromatic carbocycles. The molecule has 6 heteroatoms. The molecule has 1 atom stereocenters. The van der Waals surface area contributed by atoms with Gasteiger partial charge < -0.3 is 4.90 Å². The zero-order valence-corrected chi connectivity index (χ0v) is 16.9. The van der Waals surface area contributed by atoms with Crippen LogP contribution in [0.5, 0.6) is 0 Å². The van der Waals surface area contributed by atoms with E-state index in [4.69, 9.17) is 4.98 Å². The molecule has 140 valence electrons. The molecule has 0 bridgehead atoms. The number of carbonyl (C=O) groups is 1. The molecule has 0 saturated carbocycles. The van der Waals surface area contributed by atoms with Gasteiger partial charge in [0.2, 0.25) is 5.91 Å². The third-order valence-electron chi connectivity index (χ3n) is 5.66. The van der Waals surface area contributed by atoms with Gasteiger partial charge in [-0.15, -0.1) is 22.7 Å². The first-order valence-corrected chi connectivity index (χ1v) is 11.4. The minimum atomic E-state index is 0.144. The Bertz CT molecular complexity index is 930. The van der Waals surface area contributed by atoms with Crippen LogP contribution in [0.1, 0.15) is 40.8 Å². The van der Waals surface area contributed by atoms with Crippen LogP contribution in [-0.2, 0) is 17.8 Å². The lowest BCUT2D eigenvalue weighted by molar-refractivity contribution is -0.136. The summed E-state index contributed by atoms with van der Waals surface area (Å²) in [7, 11) is 0. The largest absolute Gasteiger partial charge is 0.332 e. The molecule has 1 fully saturated rings. The first kappa shape index (κ1) is 17.3. The van der Waals surface area contributed by atoms with E-state index in [1.807, 2.05) is 17.4 Å². The monoisotopic (exact) mass is 397 g/mol. The van der Waals surface area contributed by atoms with E-state index in [0.29, 0.717) is 6.54 Å². The molecule has 1 saturated heterocycles. The maximum Gasteiger partial charge on any atom is 0.237 e. The maximum absolute atomic E-state index is 13.2. The first-order chi connectivity index (χ1) is 13.3. The zero-order valence-electron chi connectivity index (χ0n) is 15.3. The Kier molecular flexibility index (Phi) is 4.71. The van der Waals surface area contributed by atoms with Crippen LogP contribution in [0.4, 0.5) is 0 Å². The number of para-hydroxylation sites is 1. The zero-order chi connectivity index (χ0) is 18.2. The molecule has 5 rings (SSSR count). The van der Waals surface area contributed by atoms with Crippen LogP contribution in [0.3, 0.4) is 0 Å². The Labute approximate surface area is 167 Å². The number of hydrogen-bond acceptors (Lipinski definition) is 5. The average molecular weight is 398 g/mol. The summed E-state index contributed by atoms with van der Waals surface area (Å²) >= 11 is 3.59. The molecule has 2 aliphatic rings. The van der Waals surface area contributed by atoms with E-state index in [1.165, 1.54) is 21.6 Å². The molecule has 1 unspecified atom stereocenters. The van der Waals surface area contributed by atoms with Crippen molar-refractivity contribution in [3.05, 3.63) is 51.2 Å². The summed E-state index contributed by atoms with van der Waals surface area (Å²) in [5, 5.41) is 3.27. The molecule has 2 aliphatic heterocycles. The molecular weight excluding hydrogens is 374 g/mol. The van der Waals surface area contributed by atoms with Gasteiger partial charge in [-0.05, 0) is 54.8 Å². The fraction of sp³-hybridized carbons (Fsp3) is 0.429. The highest BCUT2D eigenvalue weighted by molar-refractivity contribution is 7.18. The van der Waals surface area contributed by atoms with Gasteiger partial charge in [0.1, 0.15) is 5.01 Å². The van der Waals surface area contributed by atoms with Gasteiger partial charge in [-0.1, -0.05) is 12.1 Å². The van der Waals surface area contributed by atoms with Crippen LogP contribution in [0, 0.1) is 0 Å². The lowest BCUT2D eigenvalue weighted by Gasteiger charge is -2.36. The van der Waals surface area contributed by atoms with E-state index in [0.717, 1.165) is 49.4 Å². The van der Waals surface area contributed by atoms with Crippen molar-refractivity contribution in [2.45, 2.75) is 38.3 Å². The summed E-state index contributed by atoms with van der Waals surface area (Å²) in [4.78, 5) is 23.9. The van der Waals surface area contributed by atoms with Crippen LogP contribution >= 0.6 is 22.7 Å². The summed E-state index contributed by atoms with van der Waals surface area (Å²) in [6.07, 6.45) is 4.37. The summed E-state index contributed by atoms with van der Waals surface area (Å²) in [6, 6.07) is 10.6. The highest BCUT2D eigenvalue weighted by Gasteiger charge is 2.31. The molecule has 27 heavy (non-hydrogen) atoms. The van der Waals surface area contributed by atoms with E-state index >= 15 is 0 Å². The van der Waals surface area contributed by atoms with Crippen molar-refractivity contribution in [2.24, 2.45) is 0 Å². The maximum atomic E-state index is 13.2. The molecule has 4 nitrogen and oxygen atoms in total. The highest BCUT2D eigenvalue weighted by Crippen LogP contribution is 2.36. The lowest BCUT2D eigenvalue weighted by atomic mass is 10.0. The quantitative estimate of drug-likeness (QED) is 0.654. The van der Waals surface area contributed by atoms with Crippen LogP contribution in [0.15, 0.2) is 35.7 Å². The number of benzene rings is 1. The number of carbonyl (C=O) groups excluding carboxylic acids is 1. The molecule has 0 aliphatic carbocycles. The molecular formula is C21H23N3OS2. The number of thiazole rings is 1. The second-order valence-corrected chi connectivity index (χ2v) is 9.51. The van der Waals surface area contributed by atoms with Crippen molar-refractivity contribution >= 4 is 38.8 Å². The Morgan fingerprint density at radius 3 is 3.04 bits per heavy atom. The first-order valence-electron chi connectivity index (χ1n) is 9.70. The van der Waals surface area contributed by atoms with Crippen molar-refractivity contribution in [1.29, 1.82) is 0 Å². The molecule has 1 amide bonds. The van der Waals surface area contributed by atoms with Crippen molar-refractivity contribution in [1.82, 2.24) is 14.8 Å². The van der Waals surface area contributed by atoms with E-state index in [9.17, 15) is 4.79 Å². The lowest BCUT2D eigenvalue weighted by Crippen LogP contribution is -2.45. The van der Waals surface area contributed by atoms with Crippen molar-refractivity contribution in [3.8, 4) is 0 Å². The molecule has 0 spiro atoms. The third-order valence-corrected chi connectivity index (χ3v) is 7.82. The minimum Gasteiger partial charge on any atom is -0.332 e. The molecule has 2 aromatic heterocycles. The summed E-state index contributed by atoms with van der Waals surface area (Å²) in [5.41, 5.74) is 2.46. The molecule has 0 radical (unpaired) electrons. The Hall–Kier alpha value is -1.76. The normalized spacial score (nSPS) is 20.7.